The fraction of sp³-hybridized carbons (Fsp3) is 0.500. The van der Waals surface area contributed by atoms with E-state index in [1.807, 2.05) is 6.92 Å². The van der Waals surface area contributed by atoms with E-state index in [1.54, 1.807) is 0 Å². The maximum atomic E-state index is 12.6. The average molecular weight is 483 g/mol. The van der Waals surface area contributed by atoms with Crippen LogP contribution in [-0.4, -0.2) is 32.3 Å². The molecule has 8 heteroatoms. The topological polar surface area (TPSA) is 45.7 Å². The molecule has 0 radical (unpaired) electrons. The van der Waals surface area contributed by atoms with E-state index in [-0.39, 0.29) is 24.0 Å². The third-order valence-electron chi connectivity index (χ3n) is 3.84. The predicted octanol–water partition coefficient (Wildman–Crippen LogP) is 4.12. The van der Waals surface area contributed by atoms with Crippen molar-refractivity contribution in [1.82, 2.24) is 10.6 Å². The molecule has 0 spiro atoms. The van der Waals surface area contributed by atoms with Crippen LogP contribution in [0.25, 0.3) is 0 Å². The zero-order chi connectivity index (χ0) is 18.1. The fourth-order valence-electron chi connectivity index (χ4n) is 2.45. The molecule has 2 rings (SSSR count). The summed E-state index contributed by atoms with van der Waals surface area (Å²) in [5, 5.41) is 6.39. The molecule has 1 aliphatic heterocycles. The third kappa shape index (κ3) is 7.94. The molecular formula is C18H25F3IN3O. The van der Waals surface area contributed by atoms with Crippen molar-refractivity contribution >= 4 is 29.9 Å². The Morgan fingerprint density at radius 1 is 1.19 bits per heavy atom. The molecule has 0 bridgehead atoms. The summed E-state index contributed by atoms with van der Waals surface area (Å²) in [5.74, 6) is 0.662. The molecule has 1 heterocycles. The van der Waals surface area contributed by atoms with Gasteiger partial charge in [0.05, 0.1) is 25.3 Å². The van der Waals surface area contributed by atoms with Crippen molar-refractivity contribution in [3.63, 3.8) is 0 Å². The summed E-state index contributed by atoms with van der Waals surface area (Å²) in [7, 11) is 0. The first-order valence-corrected chi connectivity index (χ1v) is 8.43. The Labute approximate surface area is 169 Å². The summed E-state index contributed by atoms with van der Waals surface area (Å²) in [5.41, 5.74) is 1.46. The van der Waals surface area contributed by atoms with Gasteiger partial charge in [-0.15, -0.1) is 24.0 Å². The lowest BCUT2D eigenvalue weighted by Gasteiger charge is -2.15. The fourth-order valence-corrected chi connectivity index (χ4v) is 2.45. The van der Waals surface area contributed by atoms with Crippen LogP contribution in [0.3, 0.4) is 0 Å². The number of nitrogens with one attached hydrogen (secondary N) is 2. The second-order valence-corrected chi connectivity index (χ2v) is 5.75. The van der Waals surface area contributed by atoms with Gasteiger partial charge in [-0.2, -0.15) is 13.2 Å². The van der Waals surface area contributed by atoms with E-state index in [0.717, 1.165) is 50.2 Å². The van der Waals surface area contributed by atoms with Crippen molar-refractivity contribution in [2.45, 2.75) is 32.5 Å². The van der Waals surface area contributed by atoms with Crippen LogP contribution in [0.15, 0.2) is 40.9 Å². The van der Waals surface area contributed by atoms with E-state index >= 15 is 0 Å². The first kappa shape index (κ1) is 22.8. The van der Waals surface area contributed by atoms with Gasteiger partial charge in [0.15, 0.2) is 5.96 Å². The smallest absolute Gasteiger partial charge is 0.377 e. The lowest BCUT2D eigenvalue weighted by molar-refractivity contribution is -0.137. The SMILES string of the molecule is CCNC(=NCc1ccc(C(F)(F)F)cc1)NCCC1=CCOCC1.I. The van der Waals surface area contributed by atoms with Gasteiger partial charge in [-0.1, -0.05) is 23.8 Å². The number of rotatable bonds is 6. The summed E-state index contributed by atoms with van der Waals surface area (Å²) < 4.78 is 43.0. The quantitative estimate of drug-likeness (QED) is 0.277. The van der Waals surface area contributed by atoms with Gasteiger partial charge in [-0.05, 0) is 37.5 Å². The Bertz CT molecular complexity index is 601. The number of hydrogen-bond donors (Lipinski definition) is 2. The minimum Gasteiger partial charge on any atom is -0.377 e. The molecule has 0 amide bonds. The van der Waals surface area contributed by atoms with Gasteiger partial charge in [-0.25, -0.2) is 4.99 Å². The maximum absolute atomic E-state index is 12.6. The second-order valence-electron chi connectivity index (χ2n) is 5.75. The summed E-state index contributed by atoms with van der Waals surface area (Å²) in [6, 6.07) is 5.09. The van der Waals surface area contributed by atoms with Crippen molar-refractivity contribution in [2.75, 3.05) is 26.3 Å². The zero-order valence-electron chi connectivity index (χ0n) is 14.7. The molecule has 4 nitrogen and oxygen atoms in total. The number of hydrogen-bond acceptors (Lipinski definition) is 2. The number of ether oxygens (including phenoxy) is 1. The van der Waals surface area contributed by atoms with Crippen molar-refractivity contribution in [3.8, 4) is 0 Å². The molecule has 2 N–H and O–H groups in total. The highest BCUT2D eigenvalue weighted by Crippen LogP contribution is 2.29. The van der Waals surface area contributed by atoms with Gasteiger partial charge in [0.25, 0.3) is 0 Å². The van der Waals surface area contributed by atoms with E-state index in [0.29, 0.717) is 19.1 Å². The van der Waals surface area contributed by atoms with Crippen LogP contribution in [-0.2, 0) is 17.5 Å². The predicted molar refractivity (Wildman–Crippen MR) is 108 cm³/mol. The van der Waals surface area contributed by atoms with Crippen molar-refractivity contribution in [1.29, 1.82) is 0 Å². The van der Waals surface area contributed by atoms with Crippen LogP contribution >= 0.6 is 24.0 Å². The minimum absolute atomic E-state index is 0. The van der Waals surface area contributed by atoms with Crippen molar-refractivity contribution < 1.29 is 17.9 Å². The molecule has 0 unspecified atom stereocenters. The lowest BCUT2D eigenvalue weighted by Crippen LogP contribution is -2.38. The summed E-state index contributed by atoms with van der Waals surface area (Å²) in [4.78, 5) is 4.43. The van der Waals surface area contributed by atoms with Crippen LogP contribution in [0.4, 0.5) is 13.2 Å². The molecular weight excluding hydrogens is 458 g/mol. The lowest BCUT2D eigenvalue weighted by atomic mass is 10.1. The molecule has 0 aromatic heterocycles. The van der Waals surface area contributed by atoms with Gasteiger partial charge in [0.2, 0.25) is 0 Å². The van der Waals surface area contributed by atoms with Gasteiger partial charge in [0, 0.05) is 13.1 Å². The molecule has 26 heavy (non-hydrogen) atoms. The zero-order valence-corrected chi connectivity index (χ0v) is 17.1. The van der Waals surface area contributed by atoms with Crippen molar-refractivity contribution in [3.05, 3.63) is 47.0 Å². The Morgan fingerprint density at radius 2 is 1.92 bits per heavy atom. The van der Waals surface area contributed by atoms with Gasteiger partial charge < -0.3 is 15.4 Å². The van der Waals surface area contributed by atoms with E-state index in [2.05, 4.69) is 21.7 Å². The molecule has 0 saturated carbocycles. The molecule has 0 aliphatic carbocycles. The first-order valence-electron chi connectivity index (χ1n) is 8.43. The van der Waals surface area contributed by atoms with E-state index in [4.69, 9.17) is 4.74 Å². The average Bonchev–Trinajstić information content (AvgIpc) is 2.60. The summed E-state index contributed by atoms with van der Waals surface area (Å²) in [6.45, 7) is 5.21. The van der Waals surface area contributed by atoms with Gasteiger partial charge in [0.1, 0.15) is 0 Å². The van der Waals surface area contributed by atoms with E-state index in [9.17, 15) is 13.2 Å². The van der Waals surface area contributed by atoms with E-state index in [1.165, 1.54) is 17.7 Å². The Morgan fingerprint density at radius 3 is 2.50 bits per heavy atom. The van der Waals surface area contributed by atoms with Crippen LogP contribution in [0.5, 0.6) is 0 Å². The number of guanidine groups is 1. The number of alkyl halides is 3. The van der Waals surface area contributed by atoms with Crippen LogP contribution < -0.4 is 10.6 Å². The highest BCUT2D eigenvalue weighted by molar-refractivity contribution is 14.0. The van der Waals surface area contributed by atoms with Gasteiger partial charge in [-0.3, -0.25) is 0 Å². The Balaban J connectivity index is 0.00000338. The monoisotopic (exact) mass is 483 g/mol. The van der Waals surface area contributed by atoms with Crippen molar-refractivity contribution in [2.24, 2.45) is 4.99 Å². The number of aliphatic imine (C=N–C) groups is 1. The van der Waals surface area contributed by atoms with E-state index < -0.39 is 11.7 Å². The highest BCUT2D eigenvalue weighted by Gasteiger charge is 2.29. The first-order chi connectivity index (χ1) is 12.0. The molecule has 0 saturated heterocycles. The van der Waals surface area contributed by atoms with Gasteiger partial charge >= 0.3 is 6.18 Å². The van der Waals surface area contributed by atoms with Crippen LogP contribution in [0, 0.1) is 0 Å². The second kappa shape index (κ2) is 11.4. The normalized spacial score (nSPS) is 15.1. The number of nitrogens with zero attached hydrogens (tertiary/aromatic N) is 1. The molecule has 0 atom stereocenters. The largest absolute Gasteiger partial charge is 0.416 e. The molecule has 0 fully saturated rings. The van der Waals surface area contributed by atoms with Crippen LogP contribution in [0.2, 0.25) is 0 Å². The molecule has 1 aromatic carbocycles. The molecule has 146 valence electrons. The highest BCUT2D eigenvalue weighted by atomic mass is 127. The van der Waals surface area contributed by atoms with Crippen LogP contribution in [0.1, 0.15) is 30.9 Å². The Kier molecular flexibility index (Phi) is 10.0. The summed E-state index contributed by atoms with van der Waals surface area (Å²) in [6.07, 6.45) is -0.316. The third-order valence-corrected chi connectivity index (χ3v) is 3.84. The molecule has 1 aliphatic rings. The number of halogens is 4. The maximum Gasteiger partial charge on any atom is 0.416 e. The number of benzene rings is 1. The summed E-state index contributed by atoms with van der Waals surface area (Å²) >= 11 is 0. The Hall–Kier alpha value is -1.29. The minimum atomic E-state index is -4.31. The molecule has 1 aromatic rings. The standard InChI is InChI=1S/C18H24F3N3O.HI/c1-2-22-17(23-10-7-14-8-11-25-12-9-14)24-13-15-3-5-16(6-4-15)18(19,20)21;/h3-6,8H,2,7,9-13H2,1H3,(H2,22,23,24);1H.